The summed E-state index contributed by atoms with van der Waals surface area (Å²) in [6.07, 6.45) is -1.01. The van der Waals surface area contributed by atoms with Gasteiger partial charge in [0.05, 0.1) is 12.2 Å². The minimum Gasteiger partial charge on any atom is -0.482 e. The molecule has 2 unspecified atom stereocenters. The summed E-state index contributed by atoms with van der Waals surface area (Å²) in [5.41, 5.74) is 0.642. The summed E-state index contributed by atoms with van der Waals surface area (Å²) < 4.78 is 13.3. The van der Waals surface area contributed by atoms with E-state index >= 15 is 0 Å². The van der Waals surface area contributed by atoms with E-state index in [2.05, 4.69) is 25.9 Å². The van der Waals surface area contributed by atoms with E-state index in [-0.39, 0.29) is 28.9 Å². The zero-order valence-corrected chi connectivity index (χ0v) is 17.3. The molecule has 7 heteroatoms. The Kier molecular flexibility index (Phi) is 4.84. The van der Waals surface area contributed by atoms with Crippen LogP contribution in [0.15, 0.2) is 41.2 Å². The lowest BCUT2D eigenvalue weighted by Gasteiger charge is -2.42. The van der Waals surface area contributed by atoms with Gasteiger partial charge in [-0.2, -0.15) is 5.10 Å². The van der Waals surface area contributed by atoms with Crippen LogP contribution in [0.4, 0.5) is 0 Å². The largest absolute Gasteiger partial charge is 0.482 e. The second-order valence-corrected chi connectivity index (χ2v) is 8.91. The van der Waals surface area contributed by atoms with E-state index in [1.54, 1.807) is 23.1 Å². The minimum absolute atomic E-state index is 0.0769. The number of carbonyl (C=O) groups excluding carboxylic acids is 1. The van der Waals surface area contributed by atoms with Crippen LogP contribution in [0.2, 0.25) is 0 Å². The topological polar surface area (TPSA) is 73.7 Å². The number of carbonyl (C=O) groups is 1. The van der Waals surface area contributed by atoms with Gasteiger partial charge in [0.15, 0.2) is 11.5 Å². The van der Waals surface area contributed by atoms with Crippen LogP contribution in [0.1, 0.15) is 33.4 Å². The number of benzene rings is 1. The number of hydrogen-bond acceptors (Lipinski definition) is 5. The van der Waals surface area contributed by atoms with E-state index in [1.807, 2.05) is 25.1 Å². The average molecular weight is 397 g/mol. The fraction of sp³-hybridized carbons (Fsp3) is 0.500. The molecule has 3 heterocycles. The summed E-state index contributed by atoms with van der Waals surface area (Å²) >= 11 is 0. The fourth-order valence-electron chi connectivity index (χ4n) is 3.66. The molecule has 2 aliphatic rings. The highest BCUT2D eigenvalue weighted by Crippen LogP contribution is 2.34. The number of nitrogens with zero attached hydrogens (tertiary/aromatic N) is 3. The third kappa shape index (κ3) is 3.86. The number of aromatic nitrogens is 2. The first-order valence-electron chi connectivity index (χ1n) is 10.0. The van der Waals surface area contributed by atoms with E-state index in [0.717, 1.165) is 5.69 Å². The van der Waals surface area contributed by atoms with E-state index in [4.69, 9.17) is 9.47 Å². The lowest BCUT2D eigenvalue weighted by atomic mass is 9.92. The SMILES string of the molecule is CC1Oc2ccccc2OC1C(=O)N1CC(Cn2nc(C(C)(C)C)ccc2=O)C1. The monoisotopic (exact) mass is 397 g/mol. The van der Waals surface area contributed by atoms with Gasteiger partial charge in [0, 0.05) is 30.5 Å². The summed E-state index contributed by atoms with van der Waals surface area (Å²) in [5, 5.41) is 4.52. The normalized spacial score (nSPS) is 21.6. The van der Waals surface area contributed by atoms with Crippen molar-refractivity contribution in [3.05, 3.63) is 52.4 Å². The lowest BCUT2D eigenvalue weighted by molar-refractivity contribution is -0.151. The standard InChI is InChI=1S/C22H27N3O4/c1-14-20(29-17-8-6-5-7-16(17)28-14)21(27)24-11-15(12-24)13-25-19(26)10-9-18(23-25)22(2,3)4/h5-10,14-15,20H,11-13H2,1-4H3. The quantitative estimate of drug-likeness (QED) is 0.794. The maximum atomic E-state index is 12.9. The van der Waals surface area contributed by atoms with Crippen LogP contribution >= 0.6 is 0 Å². The number of rotatable bonds is 3. The number of fused-ring (bicyclic) bond motifs is 1. The van der Waals surface area contributed by atoms with E-state index in [9.17, 15) is 9.59 Å². The Morgan fingerprint density at radius 1 is 1.10 bits per heavy atom. The van der Waals surface area contributed by atoms with Crippen LogP contribution in [0, 0.1) is 5.92 Å². The zero-order valence-electron chi connectivity index (χ0n) is 17.3. The van der Waals surface area contributed by atoms with Crippen LogP contribution in [0.3, 0.4) is 0 Å². The van der Waals surface area contributed by atoms with Crippen molar-refractivity contribution in [1.82, 2.24) is 14.7 Å². The van der Waals surface area contributed by atoms with Gasteiger partial charge in [0.2, 0.25) is 6.10 Å². The molecule has 1 fully saturated rings. The van der Waals surface area contributed by atoms with Crippen molar-refractivity contribution in [3.63, 3.8) is 0 Å². The molecule has 154 valence electrons. The van der Waals surface area contributed by atoms with Crippen LogP contribution in [-0.2, 0) is 16.8 Å². The van der Waals surface area contributed by atoms with Crippen molar-refractivity contribution in [3.8, 4) is 11.5 Å². The molecule has 0 aliphatic carbocycles. The highest BCUT2D eigenvalue weighted by atomic mass is 16.6. The number of hydrogen-bond donors (Lipinski definition) is 0. The Morgan fingerprint density at radius 2 is 1.76 bits per heavy atom. The Balaban J connectivity index is 1.38. The highest BCUT2D eigenvalue weighted by molar-refractivity contribution is 5.83. The van der Waals surface area contributed by atoms with Gasteiger partial charge in [0.25, 0.3) is 11.5 Å². The van der Waals surface area contributed by atoms with Crippen molar-refractivity contribution in [2.45, 2.75) is 51.9 Å². The third-order valence-electron chi connectivity index (χ3n) is 5.42. The van der Waals surface area contributed by atoms with Gasteiger partial charge in [-0.1, -0.05) is 32.9 Å². The summed E-state index contributed by atoms with van der Waals surface area (Å²) in [4.78, 5) is 26.8. The second kappa shape index (κ2) is 7.21. The molecule has 7 nitrogen and oxygen atoms in total. The molecular formula is C22H27N3O4. The number of para-hydroxylation sites is 2. The molecule has 1 aromatic carbocycles. The molecule has 1 aromatic heterocycles. The van der Waals surface area contributed by atoms with Crippen molar-refractivity contribution in [2.24, 2.45) is 5.92 Å². The lowest BCUT2D eigenvalue weighted by Crippen LogP contribution is -2.59. The molecule has 1 amide bonds. The summed E-state index contributed by atoms with van der Waals surface area (Å²) in [5.74, 6) is 1.38. The van der Waals surface area contributed by atoms with Gasteiger partial charge in [-0.3, -0.25) is 9.59 Å². The van der Waals surface area contributed by atoms with Crippen molar-refractivity contribution in [2.75, 3.05) is 13.1 Å². The first kappa shape index (κ1) is 19.5. The van der Waals surface area contributed by atoms with Gasteiger partial charge in [-0.05, 0) is 25.1 Å². The molecule has 2 atom stereocenters. The molecule has 0 bridgehead atoms. The molecule has 4 rings (SSSR count). The summed E-state index contributed by atoms with van der Waals surface area (Å²) in [7, 11) is 0. The zero-order chi connectivity index (χ0) is 20.8. The van der Waals surface area contributed by atoms with Gasteiger partial charge in [-0.25, -0.2) is 4.68 Å². The molecule has 1 saturated heterocycles. The first-order chi connectivity index (χ1) is 13.7. The van der Waals surface area contributed by atoms with Gasteiger partial charge >= 0.3 is 0 Å². The highest BCUT2D eigenvalue weighted by Gasteiger charge is 2.41. The second-order valence-electron chi connectivity index (χ2n) is 8.91. The van der Waals surface area contributed by atoms with Crippen LogP contribution in [0.25, 0.3) is 0 Å². The van der Waals surface area contributed by atoms with Gasteiger partial charge < -0.3 is 14.4 Å². The maximum absolute atomic E-state index is 12.9. The predicted molar refractivity (Wildman–Crippen MR) is 108 cm³/mol. The Morgan fingerprint density at radius 3 is 2.41 bits per heavy atom. The number of amides is 1. The van der Waals surface area contributed by atoms with Crippen LogP contribution in [-0.4, -0.2) is 45.9 Å². The minimum atomic E-state index is -0.657. The van der Waals surface area contributed by atoms with E-state index in [0.29, 0.717) is 31.1 Å². The van der Waals surface area contributed by atoms with Crippen molar-refractivity contribution >= 4 is 5.91 Å². The molecule has 2 aromatic rings. The Labute approximate surface area is 170 Å². The van der Waals surface area contributed by atoms with Gasteiger partial charge in [0.1, 0.15) is 6.10 Å². The van der Waals surface area contributed by atoms with E-state index < -0.39 is 6.10 Å². The third-order valence-corrected chi connectivity index (χ3v) is 5.42. The molecule has 2 aliphatic heterocycles. The molecule has 0 spiro atoms. The first-order valence-corrected chi connectivity index (χ1v) is 10.0. The Bertz CT molecular complexity index is 973. The molecular weight excluding hydrogens is 370 g/mol. The number of likely N-dealkylation sites (tertiary alicyclic amines) is 1. The Hall–Kier alpha value is -2.83. The van der Waals surface area contributed by atoms with Gasteiger partial charge in [-0.15, -0.1) is 0 Å². The molecule has 0 radical (unpaired) electrons. The molecule has 0 N–H and O–H groups in total. The van der Waals surface area contributed by atoms with Crippen molar-refractivity contribution < 1.29 is 14.3 Å². The molecule has 0 saturated carbocycles. The smallest absolute Gasteiger partial charge is 0.267 e. The van der Waals surface area contributed by atoms with Crippen LogP contribution in [0.5, 0.6) is 11.5 Å². The fourth-order valence-corrected chi connectivity index (χ4v) is 3.66. The maximum Gasteiger partial charge on any atom is 0.267 e. The number of ether oxygens (including phenoxy) is 2. The van der Waals surface area contributed by atoms with E-state index in [1.165, 1.54) is 4.68 Å². The predicted octanol–water partition coefficient (Wildman–Crippen LogP) is 2.23. The summed E-state index contributed by atoms with van der Waals surface area (Å²) in [6.45, 7) is 9.73. The van der Waals surface area contributed by atoms with Crippen molar-refractivity contribution in [1.29, 1.82) is 0 Å². The molecule has 29 heavy (non-hydrogen) atoms. The average Bonchev–Trinajstić information content (AvgIpc) is 2.63. The van der Waals surface area contributed by atoms with Crippen LogP contribution < -0.4 is 15.0 Å². The summed E-state index contributed by atoms with van der Waals surface area (Å²) in [6, 6.07) is 10.7.